The number of hydrogen-bond acceptors (Lipinski definition) is 7. The molecule has 3 aromatic heterocycles. The number of halogens is 1. The molecule has 10 nitrogen and oxygen atoms in total. The first-order chi connectivity index (χ1) is 14.5. The molecule has 0 saturated heterocycles. The lowest BCUT2D eigenvalue weighted by molar-refractivity contribution is 0.261. The van der Waals surface area contributed by atoms with Crippen molar-refractivity contribution in [3.05, 3.63) is 39.9 Å². The molecule has 0 aliphatic rings. The van der Waals surface area contributed by atoms with Gasteiger partial charge in [0.1, 0.15) is 5.02 Å². The highest BCUT2D eigenvalue weighted by Gasteiger charge is 2.19. The lowest BCUT2D eigenvalue weighted by atomic mass is 10.2. The molecule has 0 bridgehead atoms. The van der Waals surface area contributed by atoms with Gasteiger partial charge in [0.05, 0.1) is 41.2 Å². The molecule has 0 unspecified atom stereocenters. The smallest absolute Gasteiger partial charge is 0.333 e. The Kier molecular flexibility index (Phi) is 5.18. The SMILES string of the molecule is CC(C)COc1ncc(-n2c(=O)n(C)c3cc4c(NS(C)(=O)=O)noc4cc32)cc1Cl. The highest BCUT2D eigenvalue weighted by Crippen LogP contribution is 2.30. The number of ether oxygens (including phenoxy) is 1. The van der Waals surface area contributed by atoms with E-state index < -0.39 is 10.0 Å². The number of fused-ring (bicyclic) bond motifs is 2. The number of sulfonamides is 1. The number of hydrogen-bond donors (Lipinski definition) is 1. The number of rotatable bonds is 6. The van der Waals surface area contributed by atoms with Crippen LogP contribution < -0.4 is 15.1 Å². The van der Waals surface area contributed by atoms with Gasteiger partial charge in [0.2, 0.25) is 15.9 Å². The standard InChI is InChI=1S/C19H20ClN5O5S/c1-10(2)9-29-18-13(20)5-11(8-21-18)25-15-7-16-12(6-14(15)24(3)19(25)26)17(22-30-16)23-31(4,27)28/h5-8,10H,9H2,1-4H3,(H,22,23). The van der Waals surface area contributed by atoms with Crippen molar-refractivity contribution in [2.24, 2.45) is 13.0 Å². The largest absolute Gasteiger partial charge is 0.476 e. The number of nitrogens with zero attached hydrogens (tertiary/aromatic N) is 4. The zero-order valence-electron chi connectivity index (χ0n) is 17.2. The van der Waals surface area contributed by atoms with E-state index in [2.05, 4.69) is 14.9 Å². The number of pyridine rings is 1. The van der Waals surface area contributed by atoms with Crippen molar-refractivity contribution in [2.75, 3.05) is 17.6 Å². The van der Waals surface area contributed by atoms with E-state index in [-0.39, 0.29) is 16.5 Å². The van der Waals surface area contributed by atoms with E-state index in [1.807, 2.05) is 13.8 Å². The van der Waals surface area contributed by atoms with Gasteiger partial charge in [-0.3, -0.25) is 13.9 Å². The van der Waals surface area contributed by atoms with Crippen LogP contribution in [-0.4, -0.2) is 40.6 Å². The van der Waals surface area contributed by atoms with Crippen molar-refractivity contribution in [1.29, 1.82) is 0 Å². The van der Waals surface area contributed by atoms with Crippen LogP contribution >= 0.6 is 11.6 Å². The molecule has 0 atom stereocenters. The van der Waals surface area contributed by atoms with Crippen LogP contribution in [-0.2, 0) is 17.1 Å². The Balaban J connectivity index is 1.86. The molecule has 0 saturated carbocycles. The van der Waals surface area contributed by atoms with Gasteiger partial charge in [0, 0.05) is 13.1 Å². The maximum absolute atomic E-state index is 13.0. The number of imidazole rings is 1. The van der Waals surface area contributed by atoms with Crippen molar-refractivity contribution in [3.8, 4) is 11.6 Å². The molecule has 0 aliphatic heterocycles. The fourth-order valence-corrected chi connectivity index (χ4v) is 3.87. The zero-order chi connectivity index (χ0) is 22.5. The molecule has 3 heterocycles. The van der Waals surface area contributed by atoms with E-state index in [4.69, 9.17) is 20.9 Å². The van der Waals surface area contributed by atoms with E-state index in [0.29, 0.717) is 46.1 Å². The Labute approximate surface area is 182 Å². The maximum Gasteiger partial charge on any atom is 0.333 e. The van der Waals surface area contributed by atoms with Gasteiger partial charge in [-0.1, -0.05) is 30.6 Å². The minimum absolute atomic E-state index is 0.0518. The fourth-order valence-electron chi connectivity index (χ4n) is 3.15. The first-order valence-electron chi connectivity index (χ1n) is 9.32. The summed E-state index contributed by atoms with van der Waals surface area (Å²) in [5.41, 5.74) is 1.51. The number of anilines is 1. The van der Waals surface area contributed by atoms with Gasteiger partial charge in [0.25, 0.3) is 0 Å². The summed E-state index contributed by atoms with van der Waals surface area (Å²) in [6, 6.07) is 4.86. The van der Waals surface area contributed by atoms with E-state index in [1.54, 1.807) is 25.2 Å². The molecule has 4 rings (SSSR count). The van der Waals surface area contributed by atoms with E-state index in [9.17, 15) is 13.2 Å². The number of nitrogens with one attached hydrogen (secondary N) is 1. The summed E-state index contributed by atoms with van der Waals surface area (Å²) in [5, 5.41) is 4.50. The fraction of sp³-hybridized carbons (Fsp3) is 0.316. The lowest BCUT2D eigenvalue weighted by Crippen LogP contribution is -2.21. The van der Waals surface area contributed by atoms with Crippen LogP contribution in [0.25, 0.3) is 27.7 Å². The van der Waals surface area contributed by atoms with Gasteiger partial charge in [-0.2, -0.15) is 0 Å². The molecule has 31 heavy (non-hydrogen) atoms. The monoisotopic (exact) mass is 465 g/mol. The molecule has 12 heteroatoms. The van der Waals surface area contributed by atoms with E-state index >= 15 is 0 Å². The third-order valence-corrected chi connectivity index (χ3v) is 5.37. The third-order valence-electron chi connectivity index (χ3n) is 4.53. The Morgan fingerprint density at radius 3 is 2.65 bits per heavy atom. The predicted molar refractivity (Wildman–Crippen MR) is 118 cm³/mol. The molecule has 1 N–H and O–H groups in total. The molecule has 0 fully saturated rings. The van der Waals surface area contributed by atoms with Gasteiger partial charge >= 0.3 is 5.69 Å². The Hall–Kier alpha value is -3.05. The van der Waals surface area contributed by atoms with Gasteiger partial charge in [-0.05, 0) is 18.1 Å². The van der Waals surface area contributed by atoms with Crippen LogP contribution in [0.5, 0.6) is 5.88 Å². The predicted octanol–water partition coefficient (Wildman–Crippen LogP) is 2.93. The highest BCUT2D eigenvalue weighted by molar-refractivity contribution is 7.92. The first kappa shape index (κ1) is 21.2. The molecular formula is C19H20ClN5O5S. The number of aromatic nitrogens is 4. The molecule has 0 spiro atoms. The van der Waals surface area contributed by atoms with Gasteiger partial charge in [-0.25, -0.2) is 18.2 Å². The molecular weight excluding hydrogens is 446 g/mol. The van der Waals surface area contributed by atoms with Crippen LogP contribution in [0, 0.1) is 5.92 Å². The second-order valence-corrected chi connectivity index (χ2v) is 9.76. The average molecular weight is 466 g/mol. The number of benzene rings is 1. The van der Waals surface area contributed by atoms with Crippen molar-refractivity contribution < 1.29 is 17.7 Å². The van der Waals surface area contributed by atoms with Crippen molar-refractivity contribution in [1.82, 2.24) is 19.3 Å². The minimum atomic E-state index is -3.55. The lowest BCUT2D eigenvalue weighted by Gasteiger charge is -2.10. The average Bonchev–Trinajstić information content (AvgIpc) is 3.16. The van der Waals surface area contributed by atoms with Crippen LogP contribution in [0.4, 0.5) is 5.82 Å². The van der Waals surface area contributed by atoms with Gasteiger partial charge < -0.3 is 9.26 Å². The topological polar surface area (TPSA) is 121 Å². The van der Waals surface area contributed by atoms with Crippen LogP contribution in [0.2, 0.25) is 5.02 Å². The second kappa shape index (κ2) is 7.57. The summed E-state index contributed by atoms with van der Waals surface area (Å²) < 4.78 is 39.2. The zero-order valence-corrected chi connectivity index (χ0v) is 18.8. The maximum atomic E-state index is 13.0. The first-order valence-corrected chi connectivity index (χ1v) is 11.6. The van der Waals surface area contributed by atoms with Crippen LogP contribution in [0.15, 0.2) is 33.7 Å². The summed E-state index contributed by atoms with van der Waals surface area (Å²) in [6.07, 6.45) is 2.52. The molecule has 4 aromatic rings. The summed E-state index contributed by atoms with van der Waals surface area (Å²) in [7, 11) is -1.94. The summed E-state index contributed by atoms with van der Waals surface area (Å²) in [6.45, 7) is 4.49. The quantitative estimate of drug-likeness (QED) is 0.464. The number of aryl methyl sites for hydroxylation is 1. The van der Waals surface area contributed by atoms with Crippen LogP contribution in [0.3, 0.4) is 0 Å². The van der Waals surface area contributed by atoms with Crippen molar-refractivity contribution in [2.45, 2.75) is 13.8 Å². The van der Waals surface area contributed by atoms with Gasteiger partial charge in [-0.15, -0.1) is 0 Å². The molecule has 0 amide bonds. The van der Waals surface area contributed by atoms with Gasteiger partial charge in [0.15, 0.2) is 11.4 Å². The second-order valence-electron chi connectivity index (χ2n) is 7.60. The minimum Gasteiger partial charge on any atom is -0.476 e. The summed E-state index contributed by atoms with van der Waals surface area (Å²) >= 11 is 6.33. The Morgan fingerprint density at radius 2 is 2.00 bits per heavy atom. The third kappa shape index (κ3) is 3.98. The molecule has 0 aliphatic carbocycles. The Morgan fingerprint density at radius 1 is 1.26 bits per heavy atom. The summed E-state index contributed by atoms with van der Waals surface area (Å²) in [4.78, 5) is 17.2. The normalized spacial score (nSPS) is 12.2. The van der Waals surface area contributed by atoms with E-state index in [1.165, 1.54) is 15.3 Å². The van der Waals surface area contributed by atoms with Crippen molar-refractivity contribution >= 4 is 49.4 Å². The molecule has 0 radical (unpaired) electrons. The Bertz CT molecular complexity index is 1470. The molecule has 164 valence electrons. The van der Waals surface area contributed by atoms with Crippen LogP contribution in [0.1, 0.15) is 13.8 Å². The highest BCUT2D eigenvalue weighted by atomic mass is 35.5. The van der Waals surface area contributed by atoms with Crippen molar-refractivity contribution in [3.63, 3.8) is 0 Å². The van der Waals surface area contributed by atoms with E-state index in [0.717, 1.165) is 6.26 Å². The summed E-state index contributed by atoms with van der Waals surface area (Å²) in [5.74, 6) is 0.655. The molecule has 1 aromatic carbocycles.